The second-order valence-electron chi connectivity index (χ2n) is 7.75. The summed E-state index contributed by atoms with van der Waals surface area (Å²) >= 11 is 0. The van der Waals surface area contributed by atoms with E-state index in [0.29, 0.717) is 28.0 Å². The van der Waals surface area contributed by atoms with Gasteiger partial charge in [0, 0.05) is 23.2 Å². The van der Waals surface area contributed by atoms with Crippen molar-refractivity contribution >= 4 is 22.6 Å². The maximum Gasteiger partial charge on any atom is 0.260 e. The van der Waals surface area contributed by atoms with Gasteiger partial charge in [0.05, 0.1) is 16.8 Å². The fraction of sp³-hybridized carbons (Fsp3) is 0.0800. The first-order valence-electron chi connectivity index (χ1n) is 10.2. The molecule has 0 saturated heterocycles. The minimum Gasteiger partial charge on any atom is -0.508 e. The van der Waals surface area contributed by atoms with E-state index >= 15 is 0 Å². The number of aromatic nitrogens is 4. The number of phenols is 1. The average molecular weight is 423 g/mol. The molecule has 0 unspecified atom stereocenters. The van der Waals surface area contributed by atoms with Gasteiger partial charge >= 0.3 is 0 Å². The molecule has 0 aliphatic rings. The molecule has 0 radical (unpaired) electrons. The molecule has 0 aliphatic heterocycles. The Kier molecular flexibility index (Phi) is 4.71. The number of H-pyrrole nitrogens is 1. The summed E-state index contributed by atoms with van der Waals surface area (Å²) in [6.45, 7) is 4.05. The summed E-state index contributed by atoms with van der Waals surface area (Å²) in [6, 6.07) is 20.6. The maximum atomic E-state index is 13.4. The highest BCUT2D eigenvalue weighted by molar-refractivity contribution is 6.10. The van der Waals surface area contributed by atoms with E-state index in [4.69, 9.17) is 5.10 Å². The minimum atomic E-state index is -0.316. The Labute approximate surface area is 184 Å². The summed E-state index contributed by atoms with van der Waals surface area (Å²) in [6.07, 6.45) is 1.74. The van der Waals surface area contributed by atoms with Crippen molar-refractivity contribution in [2.24, 2.45) is 0 Å². The third-order valence-corrected chi connectivity index (χ3v) is 5.39. The lowest BCUT2D eigenvalue weighted by atomic mass is 10.0. The molecule has 0 atom stereocenters. The van der Waals surface area contributed by atoms with Gasteiger partial charge < -0.3 is 10.4 Å². The lowest BCUT2D eigenvalue weighted by Crippen LogP contribution is -2.13. The van der Waals surface area contributed by atoms with Crippen LogP contribution < -0.4 is 5.32 Å². The Bertz CT molecular complexity index is 1450. The number of carbonyl (C=O) groups is 1. The predicted molar refractivity (Wildman–Crippen MR) is 124 cm³/mol. The van der Waals surface area contributed by atoms with Crippen molar-refractivity contribution in [1.82, 2.24) is 20.0 Å². The van der Waals surface area contributed by atoms with Gasteiger partial charge in [-0.05, 0) is 43.7 Å². The molecule has 0 fully saturated rings. The number of anilines is 1. The molecule has 0 saturated carbocycles. The number of nitrogens with one attached hydrogen (secondary N) is 2. The molecule has 0 spiro atoms. The topological polar surface area (TPSA) is 95.8 Å². The van der Waals surface area contributed by atoms with Crippen molar-refractivity contribution in [3.8, 4) is 22.7 Å². The molecule has 0 aliphatic carbocycles. The zero-order valence-corrected chi connectivity index (χ0v) is 17.6. The van der Waals surface area contributed by atoms with Crippen LogP contribution in [0.5, 0.6) is 5.75 Å². The van der Waals surface area contributed by atoms with Gasteiger partial charge in [-0.3, -0.25) is 9.89 Å². The van der Waals surface area contributed by atoms with E-state index in [0.717, 1.165) is 22.4 Å². The van der Waals surface area contributed by atoms with Crippen LogP contribution in [0.3, 0.4) is 0 Å². The van der Waals surface area contributed by atoms with E-state index in [1.54, 1.807) is 29.1 Å². The highest BCUT2D eigenvalue weighted by atomic mass is 16.3. The van der Waals surface area contributed by atoms with Crippen LogP contribution in [0.25, 0.3) is 27.8 Å². The van der Waals surface area contributed by atoms with Crippen LogP contribution in [0, 0.1) is 13.8 Å². The molecular weight excluding hydrogens is 402 g/mol. The number of para-hydroxylation sites is 1. The number of fused-ring (bicyclic) bond motifs is 1. The van der Waals surface area contributed by atoms with E-state index in [2.05, 4.69) is 21.6 Å². The number of rotatable bonds is 4. The molecule has 7 heteroatoms. The molecule has 3 N–H and O–H groups in total. The van der Waals surface area contributed by atoms with Gasteiger partial charge in [0.25, 0.3) is 5.91 Å². The molecule has 5 aromatic rings. The van der Waals surface area contributed by atoms with Gasteiger partial charge in [-0.2, -0.15) is 10.2 Å². The fourth-order valence-electron chi connectivity index (χ4n) is 3.81. The summed E-state index contributed by atoms with van der Waals surface area (Å²) in [5.41, 5.74) is 5.61. The number of benzene rings is 3. The number of hydrogen-bond donors (Lipinski definition) is 3. The maximum absolute atomic E-state index is 13.4. The summed E-state index contributed by atoms with van der Waals surface area (Å²) in [5.74, 6) is 0.202. The van der Waals surface area contributed by atoms with Crippen LogP contribution in [0.1, 0.15) is 21.5 Å². The second-order valence-corrected chi connectivity index (χ2v) is 7.75. The largest absolute Gasteiger partial charge is 0.508 e. The summed E-state index contributed by atoms with van der Waals surface area (Å²) in [5, 5.41) is 25.1. The highest BCUT2D eigenvalue weighted by Crippen LogP contribution is 2.29. The minimum absolute atomic E-state index is 0.125. The molecule has 32 heavy (non-hydrogen) atoms. The SMILES string of the molecule is Cc1ccc(-c2nn(-c3ccccc3)cc2C(=O)Nc2n[nH]c3cc(O)ccc23)c(C)c1. The molecule has 2 heterocycles. The second kappa shape index (κ2) is 7.70. The van der Waals surface area contributed by atoms with Crippen LogP contribution in [-0.2, 0) is 0 Å². The monoisotopic (exact) mass is 423 g/mol. The van der Waals surface area contributed by atoms with Crippen LogP contribution in [0.15, 0.2) is 72.9 Å². The van der Waals surface area contributed by atoms with E-state index in [-0.39, 0.29) is 11.7 Å². The van der Waals surface area contributed by atoms with E-state index < -0.39 is 0 Å². The first-order chi connectivity index (χ1) is 15.5. The number of hydrogen-bond acceptors (Lipinski definition) is 4. The molecule has 158 valence electrons. The van der Waals surface area contributed by atoms with E-state index in [9.17, 15) is 9.90 Å². The average Bonchev–Trinajstić information content (AvgIpc) is 3.39. The van der Waals surface area contributed by atoms with Crippen molar-refractivity contribution < 1.29 is 9.90 Å². The zero-order valence-electron chi connectivity index (χ0n) is 17.6. The molecule has 5 rings (SSSR count). The van der Waals surface area contributed by atoms with E-state index in [1.165, 1.54) is 0 Å². The van der Waals surface area contributed by atoms with Crippen molar-refractivity contribution in [2.75, 3.05) is 5.32 Å². The Morgan fingerprint density at radius 2 is 1.84 bits per heavy atom. The Morgan fingerprint density at radius 3 is 2.62 bits per heavy atom. The number of nitrogens with zero attached hydrogens (tertiary/aromatic N) is 3. The number of phenolic OH excluding ortho intramolecular Hbond substituents is 1. The fourth-order valence-corrected chi connectivity index (χ4v) is 3.81. The van der Waals surface area contributed by atoms with Gasteiger partial charge in [0.1, 0.15) is 11.4 Å². The highest BCUT2D eigenvalue weighted by Gasteiger charge is 2.21. The molecule has 2 aromatic heterocycles. The van der Waals surface area contributed by atoms with Crippen molar-refractivity contribution in [3.63, 3.8) is 0 Å². The number of aromatic hydroxyl groups is 1. The summed E-state index contributed by atoms with van der Waals surface area (Å²) in [7, 11) is 0. The standard InChI is InChI=1S/C25H21N5O2/c1-15-8-10-19(16(2)12-15)23-21(14-30(29-23)17-6-4-3-5-7-17)25(32)26-24-20-11-9-18(31)13-22(20)27-28-24/h3-14,31H,1-2H3,(H2,26,27,28,32). The van der Waals surface area contributed by atoms with E-state index in [1.807, 2.05) is 56.3 Å². The van der Waals surface area contributed by atoms with Crippen molar-refractivity contribution in [1.29, 1.82) is 0 Å². The molecule has 1 amide bonds. The third-order valence-electron chi connectivity index (χ3n) is 5.39. The number of amides is 1. The molecule has 3 aromatic carbocycles. The number of aryl methyl sites for hydroxylation is 2. The quantitative estimate of drug-likeness (QED) is 0.379. The smallest absolute Gasteiger partial charge is 0.260 e. The Hall–Kier alpha value is -4.39. The van der Waals surface area contributed by atoms with Crippen molar-refractivity contribution in [2.45, 2.75) is 13.8 Å². The van der Waals surface area contributed by atoms with Gasteiger partial charge in [-0.25, -0.2) is 4.68 Å². The zero-order chi connectivity index (χ0) is 22.2. The Balaban J connectivity index is 1.59. The van der Waals surface area contributed by atoms with Crippen LogP contribution in [-0.4, -0.2) is 31.0 Å². The van der Waals surface area contributed by atoms with Gasteiger partial charge in [-0.15, -0.1) is 0 Å². The summed E-state index contributed by atoms with van der Waals surface area (Å²) in [4.78, 5) is 13.4. The molecule has 7 nitrogen and oxygen atoms in total. The Morgan fingerprint density at radius 1 is 1.03 bits per heavy atom. The van der Waals surface area contributed by atoms with Crippen LogP contribution in [0.4, 0.5) is 5.82 Å². The molecule has 0 bridgehead atoms. The first kappa shape index (κ1) is 19.6. The normalized spacial score (nSPS) is 11.1. The first-order valence-corrected chi connectivity index (χ1v) is 10.2. The summed E-state index contributed by atoms with van der Waals surface area (Å²) < 4.78 is 1.71. The van der Waals surface area contributed by atoms with Crippen LogP contribution in [0.2, 0.25) is 0 Å². The number of carbonyl (C=O) groups excluding carboxylic acids is 1. The number of aromatic amines is 1. The third kappa shape index (κ3) is 3.50. The predicted octanol–water partition coefficient (Wildman–Crippen LogP) is 4.99. The molecular formula is C25H21N5O2. The van der Waals surface area contributed by atoms with Gasteiger partial charge in [0.15, 0.2) is 5.82 Å². The van der Waals surface area contributed by atoms with Crippen molar-refractivity contribution in [3.05, 3.63) is 89.6 Å². The van der Waals surface area contributed by atoms with Gasteiger partial charge in [0.2, 0.25) is 0 Å². The van der Waals surface area contributed by atoms with Crippen LogP contribution >= 0.6 is 0 Å². The lowest BCUT2D eigenvalue weighted by molar-refractivity contribution is 0.102. The lowest BCUT2D eigenvalue weighted by Gasteiger charge is -2.07. The van der Waals surface area contributed by atoms with Gasteiger partial charge in [-0.1, -0.05) is 42.0 Å².